The monoisotopic (exact) mass is 280 g/mol. The van der Waals surface area contributed by atoms with Gasteiger partial charge in [-0.1, -0.05) is 19.4 Å². The third-order valence-electron chi connectivity index (χ3n) is 3.50. The smallest absolute Gasteiger partial charge is 0.245 e. The molecule has 19 heavy (non-hydrogen) atoms. The van der Waals surface area contributed by atoms with Crippen molar-refractivity contribution in [3.8, 4) is 0 Å². The zero-order valence-electron chi connectivity index (χ0n) is 11.4. The van der Waals surface area contributed by atoms with E-state index >= 15 is 0 Å². The van der Waals surface area contributed by atoms with Gasteiger partial charge in [0.1, 0.15) is 12.1 Å². The number of nitrogens with zero attached hydrogens (tertiary/aromatic N) is 1. The summed E-state index contributed by atoms with van der Waals surface area (Å²) in [6.45, 7) is 4.44. The average Bonchev–Trinajstić information content (AvgIpc) is 2.89. The van der Waals surface area contributed by atoms with Crippen molar-refractivity contribution in [3.05, 3.63) is 22.4 Å². The quantitative estimate of drug-likeness (QED) is 0.894. The van der Waals surface area contributed by atoms with Gasteiger partial charge in [0, 0.05) is 11.4 Å². The third kappa shape index (κ3) is 3.15. The van der Waals surface area contributed by atoms with Gasteiger partial charge < -0.3 is 10.2 Å². The minimum Gasteiger partial charge on any atom is -0.343 e. The zero-order valence-corrected chi connectivity index (χ0v) is 12.2. The topological polar surface area (TPSA) is 49.4 Å². The van der Waals surface area contributed by atoms with Crippen molar-refractivity contribution >= 4 is 23.2 Å². The van der Waals surface area contributed by atoms with Crippen LogP contribution in [0.15, 0.2) is 17.5 Å². The van der Waals surface area contributed by atoms with Crippen LogP contribution in [0.25, 0.3) is 0 Å². The Morgan fingerprint density at radius 1 is 1.42 bits per heavy atom. The van der Waals surface area contributed by atoms with E-state index in [1.165, 1.54) is 4.88 Å². The second-order valence-corrected chi connectivity index (χ2v) is 5.92. The molecule has 0 radical (unpaired) electrons. The largest absolute Gasteiger partial charge is 0.343 e. The summed E-state index contributed by atoms with van der Waals surface area (Å²) in [5.41, 5.74) is 0. The summed E-state index contributed by atoms with van der Waals surface area (Å²) in [7, 11) is 0. The molecular formula is C14H20N2O2S. The van der Waals surface area contributed by atoms with Crippen LogP contribution >= 0.6 is 11.3 Å². The molecule has 1 aromatic heterocycles. The number of hydrogen-bond acceptors (Lipinski definition) is 3. The minimum absolute atomic E-state index is 0.0378. The van der Waals surface area contributed by atoms with Gasteiger partial charge in [-0.05, 0) is 31.2 Å². The number of rotatable bonds is 5. The predicted molar refractivity (Wildman–Crippen MR) is 76.0 cm³/mol. The van der Waals surface area contributed by atoms with Crippen LogP contribution in [-0.4, -0.2) is 35.3 Å². The van der Waals surface area contributed by atoms with Crippen molar-refractivity contribution in [2.75, 3.05) is 6.54 Å². The van der Waals surface area contributed by atoms with Gasteiger partial charge >= 0.3 is 0 Å². The van der Waals surface area contributed by atoms with Gasteiger partial charge in [-0.3, -0.25) is 9.59 Å². The van der Waals surface area contributed by atoms with Crippen LogP contribution in [0, 0.1) is 0 Å². The van der Waals surface area contributed by atoms with E-state index in [1.54, 1.807) is 23.2 Å². The molecule has 5 heteroatoms. The van der Waals surface area contributed by atoms with E-state index in [0.29, 0.717) is 13.0 Å². The Morgan fingerprint density at radius 2 is 2.21 bits per heavy atom. The summed E-state index contributed by atoms with van der Waals surface area (Å²) < 4.78 is 0. The molecule has 104 valence electrons. The highest BCUT2D eigenvalue weighted by atomic mass is 32.1. The van der Waals surface area contributed by atoms with Crippen LogP contribution < -0.4 is 5.32 Å². The molecule has 1 aliphatic heterocycles. The number of thiophene rings is 1. The summed E-state index contributed by atoms with van der Waals surface area (Å²) in [5, 5.41) is 4.84. The molecule has 0 bridgehead atoms. The first kappa shape index (κ1) is 14.1. The van der Waals surface area contributed by atoms with E-state index in [4.69, 9.17) is 0 Å². The van der Waals surface area contributed by atoms with Crippen molar-refractivity contribution in [1.82, 2.24) is 10.2 Å². The van der Waals surface area contributed by atoms with E-state index in [1.807, 2.05) is 18.4 Å². The van der Waals surface area contributed by atoms with Crippen molar-refractivity contribution in [2.24, 2.45) is 0 Å². The molecule has 1 aliphatic rings. The lowest BCUT2D eigenvalue weighted by Crippen LogP contribution is -2.62. The Morgan fingerprint density at radius 3 is 2.84 bits per heavy atom. The summed E-state index contributed by atoms with van der Waals surface area (Å²) in [4.78, 5) is 27.2. The number of amides is 2. The van der Waals surface area contributed by atoms with Crippen LogP contribution in [-0.2, 0) is 16.0 Å². The molecule has 1 fully saturated rings. The molecule has 0 spiro atoms. The van der Waals surface area contributed by atoms with Crippen LogP contribution in [0.3, 0.4) is 0 Å². The van der Waals surface area contributed by atoms with E-state index in [-0.39, 0.29) is 23.9 Å². The lowest BCUT2D eigenvalue weighted by atomic mass is 10.0. The Kier molecular flexibility index (Phi) is 4.58. The summed E-state index contributed by atoms with van der Waals surface area (Å²) in [5.74, 6) is 0.0229. The van der Waals surface area contributed by atoms with E-state index in [0.717, 1.165) is 12.8 Å². The fraction of sp³-hybridized carbons (Fsp3) is 0.571. The molecule has 0 saturated carbocycles. The van der Waals surface area contributed by atoms with Crippen molar-refractivity contribution in [2.45, 2.75) is 45.2 Å². The Bertz CT molecular complexity index is 444. The first-order chi connectivity index (χ1) is 9.13. The van der Waals surface area contributed by atoms with E-state index in [2.05, 4.69) is 11.4 Å². The summed E-state index contributed by atoms with van der Waals surface area (Å²) >= 11 is 1.69. The van der Waals surface area contributed by atoms with Crippen molar-refractivity contribution in [1.29, 1.82) is 0 Å². The molecule has 0 aliphatic carbocycles. The van der Waals surface area contributed by atoms with Gasteiger partial charge in [-0.2, -0.15) is 0 Å². The fourth-order valence-electron chi connectivity index (χ4n) is 2.36. The highest BCUT2D eigenvalue weighted by molar-refractivity contribution is 7.09. The van der Waals surface area contributed by atoms with Crippen LogP contribution in [0.5, 0.6) is 0 Å². The average molecular weight is 280 g/mol. The third-order valence-corrected chi connectivity index (χ3v) is 4.44. The molecule has 4 nitrogen and oxygen atoms in total. The van der Waals surface area contributed by atoms with E-state index in [9.17, 15) is 9.59 Å². The standard InChI is InChI=1S/C14H20N2O2S/c1-3-5-12-14(18)16(10(2)13(17)15-12)8-7-11-6-4-9-19-11/h4,6,9-10,12H,3,5,7-8H2,1-2H3,(H,15,17). The highest BCUT2D eigenvalue weighted by Crippen LogP contribution is 2.16. The molecule has 1 N–H and O–H groups in total. The molecule has 1 aromatic rings. The van der Waals surface area contributed by atoms with Gasteiger partial charge in [-0.15, -0.1) is 11.3 Å². The van der Waals surface area contributed by atoms with E-state index < -0.39 is 0 Å². The first-order valence-corrected chi connectivity index (χ1v) is 7.64. The Balaban J connectivity index is 2.02. The summed E-state index contributed by atoms with van der Waals surface area (Å²) in [6, 6.07) is 3.37. The zero-order chi connectivity index (χ0) is 13.8. The first-order valence-electron chi connectivity index (χ1n) is 6.76. The SMILES string of the molecule is CCCC1NC(=O)C(C)N(CCc2cccs2)C1=O. The van der Waals surface area contributed by atoms with Gasteiger partial charge in [-0.25, -0.2) is 0 Å². The molecule has 2 unspecified atom stereocenters. The second kappa shape index (κ2) is 6.19. The van der Waals surface area contributed by atoms with Crippen molar-refractivity contribution < 1.29 is 9.59 Å². The van der Waals surface area contributed by atoms with Gasteiger partial charge in [0.05, 0.1) is 0 Å². The van der Waals surface area contributed by atoms with Gasteiger partial charge in [0.15, 0.2) is 0 Å². The molecule has 2 amide bonds. The molecule has 1 saturated heterocycles. The predicted octanol–water partition coefficient (Wildman–Crippen LogP) is 1.81. The number of carbonyl (C=O) groups excluding carboxylic acids is 2. The minimum atomic E-state index is -0.361. The lowest BCUT2D eigenvalue weighted by Gasteiger charge is -2.37. The molecule has 2 atom stereocenters. The molecular weight excluding hydrogens is 260 g/mol. The van der Waals surface area contributed by atoms with Gasteiger partial charge in [0.25, 0.3) is 0 Å². The number of hydrogen-bond donors (Lipinski definition) is 1. The Labute approximate surface area is 117 Å². The maximum Gasteiger partial charge on any atom is 0.245 e. The summed E-state index contributed by atoms with van der Waals surface area (Å²) in [6.07, 6.45) is 2.43. The lowest BCUT2D eigenvalue weighted by molar-refractivity contribution is -0.148. The molecule has 0 aromatic carbocycles. The normalized spacial score (nSPS) is 23.6. The number of nitrogens with one attached hydrogen (secondary N) is 1. The number of carbonyl (C=O) groups is 2. The maximum atomic E-state index is 12.3. The van der Waals surface area contributed by atoms with Crippen LogP contribution in [0.1, 0.15) is 31.6 Å². The van der Waals surface area contributed by atoms with Crippen LogP contribution in [0.2, 0.25) is 0 Å². The van der Waals surface area contributed by atoms with Crippen molar-refractivity contribution in [3.63, 3.8) is 0 Å². The van der Waals surface area contributed by atoms with Crippen LogP contribution in [0.4, 0.5) is 0 Å². The molecule has 2 heterocycles. The van der Waals surface area contributed by atoms with Gasteiger partial charge in [0.2, 0.25) is 11.8 Å². The Hall–Kier alpha value is -1.36. The number of piperazine rings is 1. The second-order valence-electron chi connectivity index (χ2n) is 4.89. The highest BCUT2D eigenvalue weighted by Gasteiger charge is 2.37. The maximum absolute atomic E-state index is 12.3. The molecule has 2 rings (SSSR count). The fourth-order valence-corrected chi connectivity index (χ4v) is 3.06.